The van der Waals surface area contributed by atoms with E-state index in [0.717, 1.165) is 5.57 Å². The SMILES string of the molecule is C=C(C(=O)O)[C@@H]1CC[C@@](C)(O)[C@@H](OC(C)=O)CCC(=C)[C@H]2CC[C@](C)(O2)[C@H](O)C1. The second-order valence-electron chi connectivity index (χ2n) is 8.93. The molecule has 0 aromatic heterocycles. The molecule has 2 aliphatic rings. The van der Waals surface area contributed by atoms with Gasteiger partial charge >= 0.3 is 11.9 Å². The first-order chi connectivity index (χ1) is 13.4. The summed E-state index contributed by atoms with van der Waals surface area (Å²) < 4.78 is 11.5. The fourth-order valence-corrected chi connectivity index (χ4v) is 4.32. The molecule has 6 atom stereocenters. The Labute approximate surface area is 172 Å². The number of carbonyl (C=O) groups is 2. The highest BCUT2D eigenvalue weighted by molar-refractivity contribution is 5.86. The molecule has 2 fully saturated rings. The smallest absolute Gasteiger partial charge is 0.331 e. The minimum absolute atomic E-state index is 0.0127. The molecule has 0 aromatic rings. The highest BCUT2D eigenvalue weighted by Crippen LogP contribution is 2.41. The zero-order valence-electron chi connectivity index (χ0n) is 17.6. The Hall–Kier alpha value is -1.70. The summed E-state index contributed by atoms with van der Waals surface area (Å²) in [7, 11) is 0. The molecule has 0 aliphatic carbocycles. The number of aliphatic hydroxyl groups is 2. The van der Waals surface area contributed by atoms with Crippen LogP contribution in [0.1, 0.15) is 65.7 Å². The third kappa shape index (κ3) is 5.68. The van der Waals surface area contributed by atoms with Crippen LogP contribution in [0.4, 0.5) is 0 Å². The van der Waals surface area contributed by atoms with E-state index in [1.54, 1.807) is 6.92 Å². The molecule has 7 nitrogen and oxygen atoms in total. The van der Waals surface area contributed by atoms with Gasteiger partial charge in [0.15, 0.2) is 0 Å². The van der Waals surface area contributed by atoms with Crippen LogP contribution < -0.4 is 0 Å². The first-order valence-corrected chi connectivity index (χ1v) is 10.2. The first kappa shape index (κ1) is 23.6. The van der Waals surface area contributed by atoms with Crippen LogP contribution in [-0.2, 0) is 19.1 Å². The van der Waals surface area contributed by atoms with Crippen molar-refractivity contribution in [1.29, 1.82) is 0 Å². The third-order valence-electron chi connectivity index (χ3n) is 6.48. The molecule has 0 saturated carbocycles. The fraction of sp³-hybridized carbons (Fsp3) is 0.727. The van der Waals surface area contributed by atoms with Gasteiger partial charge in [0.2, 0.25) is 0 Å². The van der Waals surface area contributed by atoms with Crippen LogP contribution in [0.2, 0.25) is 0 Å². The maximum absolute atomic E-state index is 11.6. The summed E-state index contributed by atoms with van der Waals surface area (Å²) >= 11 is 0. The molecule has 0 radical (unpaired) electrons. The van der Waals surface area contributed by atoms with E-state index in [1.807, 2.05) is 6.92 Å². The Balaban J connectivity index is 2.35. The van der Waals surface area contributed by atoms with Crippen molar-refractivity contribution < 1.29 is 34.4 Å². The third-order valence-corrected chi connectivity index (χ3v) is 6.48. The number of aliphatic carboxylic acids is 1. The largest absolute Gasteiger partial charge is 0.478 e. The molecular formula is C22H34O7. The highest BCUT2D eigenvalue weighted by atomic mass is 16.6. The summed E-state index contributed by atoms with van der Waals surface area (Å²) in [5, 5.41) is 31.3. The zero-order valence-corrected chi connectivity index (χ0v) is 17.6. The Morgan fingerprint density at radius 3 is 2.45 bits per heavy atom. The van der Waals surface area contributed by atoms with Gasteiger partial charge in [-0.1, -0.05) is 13.2 Å². The van der Waals surface area contributed by atoms with Crippen molar-refractivity contribution in [3.8, 4) is 0 Å². The van der Waals surface area contributed by atoms with Gasteiger partial charge in [-0.15, -0.1) is 0 Å². The quantitative estimate of drug-likeness (QED) is 0.372. The van der Waals surface area contributed by atoms with E-state index in [-0.39, 0.29) is 30.9 Å². The summed E-state index contributed by atoms with van der Waals surface area (Å²) in [5.74, 6) is -2.17. The van der Waals surface area contributed by atoms with Gasteiger partial charge in [0.1, 0.15) is 6.10 Å². The van der Waals surface area contributed by atoms with Crippen LogP contribution in [0.15, 0.2) is 24.3 Å². The van der Waals surface area contributed by atoms with Crippen LogP contribution in [-0.4, -0.2) is 56.8 Å². The van der Waals surface area contributed by atoms with Gasteiger partial charge in [-0.05, 0) is 70.3 Å². The Kier molecular flexibility index (Phi) is 7.30. The minimum atomic E-state index is -1.36. The number of carboxylic acids is 1. The molecule has 2 heterocycles. The van der Waals surface area contributed by atoms with E-state index in [1.165, 1.54) is 6.92 Å². The normalized spacial score (nSPS) is 39.0. The highest BCUT2D eigenvalue weighted by Gasteiger charge is 2.45. The summed E-state index contributed by atoms with van der Waals surface area (Å²) in [5.41, 5.74) is -1.33. The van der Waals surface area contributed by atoms with Gasteiger partial charge in [0.25, 0.3) is 0 Å². The second-order valence-corrected chi connectivity index (χ2v) is 8.93. The lowest BCUT2D eigenvalue weighted by Crippen LogP contribution is -2.43. The lowest BCUT2D eigenvalue weighted by molar-refractivity contribution is -0.163. The lowest BCUT2D eigenvalue weighted by Gasteiger charge is -2.35. The van der Waals surface area contributed by atoms with Gasteiger partial charge in [0.05, 0.1) is 23.4 Å². The first-order valence-electron chi connectivity index (χ1n) is 10.2. The molecule has 0 aromatic carbocycles. The summed E-state index contributed by atoms with van der Waals surface area (Å²) in [4.78, 5) is 23.1. The number of fused-ring (bicyclic) bond motifs is 2. The minimum Gasteiger partial charge on any atom is -0.478 e. The summed E-state index contributed by atoms with van der Waals surface area (Å²) in [6.45, 7) is 12.5. The molecule has 164 valence electrons. The molecule has 2 rings (SSSR count). The van der Waals surface area contributed by atoms with E-state index in [0.29, 0.717) is 25.7 Å². The van der Waals surface area contributed by atoms with Gasteiger partial charge in [-0.3, -0.25) is 4.79 Å². The van der Waals surface area contributed by atoms with E-state index in [2.05, 4.69) is 13.2 Å². The number of aliphatic hydroxyl groups excluding tert-OH is 1. The Morgan fingerprint density at radius 2 is 1.86 bits per heavy atom. The van der Waals surface area contributed by atoms with E-state index < -0.39 is 41.3 Å². The average Bonchev–Trinajstić information content (AvgIpc) is 3.03. The van der Waals surface area contributed by atoms with Gasteiger partial charge < -0.3 is 24.8 Å². The maximum atomic E-state index is 11.6. The molecular weight excluding hydrogens is 376 g/mol. The van der Waals surface area contributed by atoms with Crippen LogP contribution >= 0.6 is 0 Å². The topological polar surface area (TPSA) is 113 Å². The average molecular weight is 411 g/mol. The number of ether oxygens (including phenoxy) is 2. The van der Waals surface area contributed by atoms with E-state index >= 15 is 0 Å². The summed E-state index contributed by atoms with van der Waals surface area (Å²) in [6, 6.07) is 0. The monoisotopic (exact) mass is 410 g/mol. The zero-order chi connectivity index (χ0) is 22.0. The fourth-order valence-electron chi connectivity index (χ4n) is 4.32. The van der Waals surface area contributed by atoms with Gasteiger partial charge in [-0.2, -0.15) is 0 Å². The molecule has 7 heteroatoms. The predicted molar refractivity (Wildman–Crippen MR) is 107 cm³/mol. The van der Waals surface area contributed by atoms with Crippen LogP contribution in [0.25, 0.3) is 0 Å². The van der Waals surface area contributed by atoms with Crippen molar-refractivity contribution in [2.45, 2.75) is 95.2 Å². The van der Waals surface area contributed by atoms with E-state index in [9.17, 15) is 24.9 Å². The number of rotatable bonds is 3. The number of hydrogen-bond donors (Lipinski definition) is 3. The molecule has 0 spiro atoms. The second kappa shape index (κ2) is 8.98. The standard InChI is InChI=1S/C22H34O7/c1-13-6-7-19(28-15(3)23)21(4,27)10-8-16(14(2)20(25)26)12-18(24)22(5)11-9-17(13)29-22/h16-19,24,27H,1-2,6-12H2,3-5H3,(H,25,26)/t16-,17-,18-,19+,21-,22+/m1/s1. The lowest BCUT2D eigenvalue weighted by atomic mass is 9.79. The van der Waals surface area contributed by atoms with Crippen molar-refractivity contribution in [1.82, 2.24) is 0 Å². The molecule has 2 aliphatic heterocycles. The number of esters is 1. The number of carboxylic acid groups (broad SMARTS) is 1. The Morgan fingerprint density at radius 1 is 1.21 bits per heavy atom. The molecule has 2 bridgehead atoms. The van der Waals surface area contributed by atoms with Crippen molar-refractivity contribution >= 4 is 11.9 Å². The molecule has 0 amide bonds. The predicted octanol–water partition coefficient (Wildman–Crippen LogP) is 2.75. The molecule has 2 saturated heterocycles. The van der Waals surface area contributed by atoms with Gasteiger partial charge in [0, 0.05) is 12.5 Å². The maximum Gasteiger partial charge on any atom is 0.331 e. The van der Waals surface area contributed by atoms with Crippen LogP contribution in [0.5, 0.6) is 0 Å². The number of hydrogen-bond acceptors (Lipinski definition) is 6. The van der Waals surface area contributed by atoms with Crippen LogP contribution in [0.3, 0.4) is 0 Å². The van der Waals surface area contributed by atoms with Crippen molar-refractivity contribution in [2.24, 2.45) is 5.92 Å². The van der Waals surface area contributed by atoms with Gasteiger partial charge in [-0.25, -0.2) is 4.79 Å². The molecule has 0 unspecified atom stereocenters. The summed E-state index contributed by atoms with van der Waals surface area (Å²) in [6.07, 6.45) is 1.00. The molecule has 29 heavy (non-hydrogen) atoms. The number of carbonyl (C=O) groups excluding carboxylic acids is 1. The van der Waals surface area contributed by atoms with E-state index in [4.69, 9.17) is 9.47 Å². The molecule has 3 N–H and O–H groups in total. The van der Waals surface area contributed by atoms with Crippen molar-refractivity contribution in [2.75, 3.05) is 0 Å². The van der Waals surface area contributed by atoms with Crippen molar-refractivity contribution in [3.63, 3.8) is 0 Å². The Bertz CT molecular complexity index is 668. The van der Waals surface area contributed by atoms with Crippen LogP contribution in [0, 0.1) is 5.92 Å². The van der Waals surface area contributed by atoms with Crippen molar-refractivity contribution in [3.05, 3.63) is 24.3 Å².